The van der Waals surface area contributed by atoms with Crippen LogP contribution in [0.1, 0.15) is 42.7 Å². The molecule has 1 aliphatic carbocycles. The van der Waals surface area contributed by atoms with Crippen molar-refractivity contribution in [2.45, 2.75) is 43.4 Å². The minimum atomic E-state index is -3.56. The van der Waals surface area contributed by atoms with E-state index in [1.54, 1.807) is 0 Å². The Bertz CT molecular complexity index is 927. The van der Waals surface area contributed by atoms with Crippen molar-refractivity contribution in [2.75, 3.05) is 11.6 Å². The van der Waals surface area contributed by atoms with Gasteiger partial charge in [0, 0.05) is 17.9 Å². The molecule has 0 bridgehead atoms. The van der Waals surface area contributed by atoms with E-state index in [9.17, 15) is 18.3 Å². The lowest BCUT2D eigenvalue weighted by atomic mass is 9.78. The van der Waals surface area contributed by atoms with E-state index in [1.807, 2.05) is 0 Å². The van der Waals surface area contributed by atoms with Gasteiger partial charge in [0.05, 0.1) is 0 Å². The highest BCUT2D eigenvalue weighted by Gasteiger charge is 2.27. The van der Waals surface area contributed by atoms with Crippen molar-refractivity contribution in [1.29, 1.82) is 0 Å². The second-order valence-electron chi connectivity index (χ2n) is 7.40. The smallest absolute Gasteiger partial charge is 0.227 e. The zero-order valence-corrected chi connectivity index (χ0v) is 16.4. The summed E-state index contributed by atoms with van der Waals surface area (Å²) >= 11 is 0. The molecule has 27 heavy (non-hydrogen) atoms. The molecule has 6 heteroatoms. The van der Waals surface area contributed by atoms with E-state index in [-0.39, 0.29) is 22.5 Å². The van der Waals surface area contributed by atoms with Gasteiger partial charge in [0.25, 0.3) is 0 Å². The molecule has 1 amide bonds. The zero-order chi connectivity index (χ0) is 19.6. The molecule has 1 fully saturated rings. The molecule has 1 saturated carbocycles. The third-order valence-electron chi connectivity index (χ3n) is 5.27. The van der Waals surface area contributed by atoms with E-state index in [0.29, 0.717) is 11.6 Å². The maximum absolute atomic E-state index is 12.6. The van der Waals surface area contributed by atoms with Gasteiger partial charge in [0.1, 0.15) is 10.6 Å². The standard InChI is InChI=1S/C21H25NO4S/c1-14-3-5-15(6-4-14)16-7-9-17(10-8-16)21(24)22-18-11-12-19(23)20(13-18)27(2,25)26/h3-6,11-13,16-17,23H,7-10H2,1-2H3,(H,22,24)/t16-,17-. The number of amides is 1. The Morgan fingerprint density at radius 2 is 1.67 bits per heavy atom. The molecule has 144 valence electrons. The number of hydrogen-bond acceptors (Lipinski definition) is 4. The minimum absolute atomic E-state index is 0.0813. The summed E-state index contributed by atoms with van der Waals surface area (Å²) in [5.41, 5.74) is 2.96. The van der Waals surface area contributed by atoms with Gasteiger partial charge in [-0.2, -0.15) is 0 Å². The summed E-state index contributed by atoms with van der Waals surface area (Å²) in [5.74, 6) is -0.000976. The van der Waals surface area contributed by atoms with Crippen molar-refractivity contribution in [3.05, 3.63) is 53.6 Å². The van der Waals surface area contributed by atoms with Gasteiger partial charge in [0.2, 0.25) is 5.91 Å². The summed E-state index contributed by atoms with van der Waals surface area (Å²) in [6.45, 7) is 2.07. The third kappa shape index (κ3) is 4.69. The molecule has 0 radical (unpaired) electrons. The Hall–Kier alpha value is -2.34. The van der Waals surface area contributed by atoms with E-state index in [1.165, 1.54) is 29.3 Å². The first-order valence-electron chi connectivity index (χ1n) is 9.14. The van der Waals surface area contributed by atoms with E-state index < -0.39 is 9.84 Å². The van der Waals surface area contributed by atoms with Crippen molar-refractivity contribution in [2.24, 2.45) is 5.92 Å². The molecule has 0 atom stereocenters. The highest BCUT2D eigenvalue weighted by molar-refractivity contribution is 7.90. The fraction of sp³-hybridized carbons (Fsp3) is 0.381. The van der Waals surface area contributed by atoms with Crippen LogP contribution in [0.5, 0.6) is 5.75 Å². The fourth-order valence-electron chi connectivity index (χ4n) is 3.66. The van der Waals surface area contributed by atoms with Gasteiger partial charge in [-0.15, -0.1) is 0 Å². The quantitative estimate of drug-likeness (QED) is 0.776. The lowest BCUT2D eigenvalue weighted by molar-refractivity contribution is -0.120. The van der Waals surface area contributed by atoms with Gasteiger partial charge in [-0.25, -0.2) is 8.42 Å². The van der Waals surface area contributed by atoms with Crippen LogP contribution in [0.2, 0.25) is 0 Å². The topological polar surface area (TPSA) is 83.5 Å². The lowest BCUT2D eigenvalue weighted by Crippen LogP contribution is -2.26. The predicted octanol–water partition coefficient (Wildman–Crippen LogP) is 4.02. The Balaban J connectivity index is 1.62. The molecule has 1 aliphatic rings. The van der Waals surface area contributed by atoms with Crippen molar-refractivity contribution in [3.8, 4) is 5.75 Å². The van der Waals surface area contributed by atoms with Gasteiger partial charge in [0.15, 0.2) is 9.84 Å². The van der Waals surface area contributed by atoms with Gasteiger partial charge in [-0.05, 0) is 62.3 Å². The number of benzene rings is 2. The first-order chi connectivity index (χ1) is 12.7. The SMILES string of the molecule is Cc1ccc([C@H]2CC[C@H](C(=O)Nc3ccc(O)c(S(C)(=O)=O)c3)CC2)cc1. The highest BCUT2D eigenvalue weighted by atomic mass is 32.2. The number of carbonyl (C=O) groups is 1. The molecule has 2 aromatic carbocycles. The number of carbonyl (C=O) groups excluding carboxylic acids is 1. The molecule has 0 spiro atoms. The Morgan fingerprint density at radius 3 is 2.26 bits per heavy atom. The monoisotopic (exact) mass is 387 g/mol. The van der Waals surface area contributed by atoms with E-state index >= 15 is 0 Å². The molecule has 0 heterocycles. The second kappa shape index (κ2) is 7.72. The van der Waals surface area contributed by atoms with Crippen LogP contribution in [0.3, 0.4) is 0 Å². The van der Waals surface area contributed by atoms with Crippen molar-refractivity contribution >= 4 is 21.4 Å². The average molecular weight is 388 g/mol. The summed E-state index contributed by atoms with van der Waals surface area (Å²) in [7, 11) is -3.56. The number of aromatic hydroxyl groups is 1. The molecule has 0 saturated heterocycles. The van der Waals surface area contributed by atoms with Crippen molar-refractivity contribution < 1.29 is 18.3 Å². The van der Waals surface area contributed by atoms with Gasteiger partial charge < -0.3 is 10.4 Å². The Kier molecular flexibility index (Phi) is 5.56. The van der Waals surface area contributed by atoms with Gasteiger partial charge in [-0.3, -0.25) is 4.79 Å². The normalized spacial score (nSPS) is 20.2. The van der Waals surface area contributed by atoms with Crippen molar-refractivity contribution in [1.82, 2.24) is 0 Å². The van der Waals surface area contributed by atoms with Crippen LogP contribution in [0.4, 0.5) is 5.69 Å². The molecule has 2 aromatic rings. The number of rotatable bonds is 4. The molecule has 5 nitrogen and oxygen atoms in total. The van der Waals surface area contributed by atoms with Crippen LogP contribution >= 0.6 is 0 Å². The van der Waals surface area contributed by atoms with E-state index in [0.717, 1.165) is 31.9 Å². The predicted molar refractivity (Wildman–Crippen MR) is 106 cm³/mol. The first kappa shape index (κ1) is 19.4. The van der Waals surface area contributed by atoms with Crippen LogP contribution < -0.4 is 5.32 Å². The maximum atomic E-state index is 12.6. The molecule has 0 unspecified atom stereocenters. The zero-order valence-electron chi connectivity index (χ0n) is 15.6. The Morgan fingerprint density at radius 1 is 1.04 bits per heavy atom. The van der Waals surface area contributed by atoms with Crippen molar-refractivity contribution in [3.63, 3.8) is 0 Å². The van der Waals surface area contributed by atoms with Crippen LogP contribution in [-0.4, -0.2) is 25.7 Å². The summed E-state index contributed by atoms with van der Waals surface area (Å²) in [5, 5.41) is 12.5. The minimum Gasteiger partial charge on any atom is -0.507 e. The average Bonchev–Trinajstić information content (AvgIpc) is 2.63. The van der Waals surface area contributed by atoms with Crippen LogP contribution in [0.15, 0.2) is 47.4 Å². The van der Waals surface area contributed by atoms with E-state index in [2.05, 4.69) is 36.5 Å². The summed E-state index contributed by atoms with van der Waals surface area (Å²) in [6, 6.07) is 12.7. The Labute approximate surface area is 160 Å². The van der Waals surface area contributed by atoms with Crippen LogP contribution in [0, 0.1) is 12.8 Å². The van der Waals surface area contributed by atoms with Crippen LogP contribution in [-0.2, 0) is 14.6 Å². The first-order valence-corrected chi connectivity index (χ1v) is 11.0. The maximum Gasteiger partial charge on any atom is 0.227 e. The number of anilines is 1. The van der Waals surface area contributed by atoms with E-state index in [4.69, 9.17) is 0 Å². The highest BCUT2D eigenvalue weighted by Crippen LogP contribution is 2.36. The van der Waals surface area contributed by atoms with Gasteiger partial charge >= 0.3 is 0 Å². The lowest BCUT2D eigenvalue weighted by Gasteiger charge is -2.28. The van der Waals surface area contributed by atoms with Crippen LogP contribution in [0.25, 0.3) is 0 Å². The molecule has 3 rings (SSSR count). The van der Waals surface area contributed by atoms with Gasteiger partial charge in [-0.1, -0.05) is 29.8 Å². The number of hydrogen-bond donors (Lipinski definition) is 2. The summed E-state index contributed by atoms with van der Waals surface area (Å²) in [4.78, 5) is 12.4. The molecule has 0 aromatic heterocycles. The largest absolute Gasteiger partial charge is 0.507 e. The third-order valence-corrected chi connectivity index (χ3v) is 6.40. The number of nitrogens with one attached hydrogen (secondary N) is 1. The molecular weight excluding hydrogens is 362 g/mol. The molecule has 0 aliphatic heterocycles. The number of phenolic OH excluding ortho intramolecular Hbond substituents is 1. The fourth-order valence-corrected chi connectivity index (χ4v) is 4.45. The molecular formula is C21H25NO4S. The summed E-state index contributed by atoms with van der Waals surface area (Å²) < 4.78 is 23.4. The molecule has 2 N–H and O–H groups in total. The summed E-state index contributed by atoms with van der Waals surface area (Å²) in [6.07, 6.45) is 4.57. The number of sulfone groups is 1. The second-order valence-corrected chi connectivity index (χ2v) is 9.39. The number of phenols is 1. The number of aryl methyl sites for hydroxylation is 1.